The van der Waals surface area contributed by atoms with Crippen LogP contribution in [0.1, 0.15) is 11.1 Å². The van der Waals surface area contributed by atoms with Crippen molar-refractivity contribution in [2.75, 3.05) is 11.9 Å². The number of benzene rings is 1. The molecule has 2 rings (SSSR count). The third-order valence-electron chi connectivity index (χ3n) is 2.48. The van der Waals surface area contributed by atoms with Crippen LogP contribution in [0, 0.1) is 24.0 Å². The molecule has 0 saturated heterocycles. The number of aromatic nitrogens is 1. The molecule has 1 heterocycles. The highest BCUT2D eigenvalue weighted by atomic mass is 32.1. The second-order valence-corrected chi connectivity index (χ2v) is 5.43. The van der Waals surface area contributed by atoms with Gasteiger partial charge in [0.15, 0.2) is 11.7 Å². The van der Waals surface area contributed by atoms with E-state index in [9.17, 15) is 14.9 Å². The van der Waals surface area contributed by atoms with Gasteiger partial charge in [0.1, 0.15) is 11.9 Å². The molecule has 1 aromatic heterocycles. The molecule has 0 aliphatic heterocycles. The summed E-state index contributed by atoms with van der Waals surface area (Å²) in [4.78, 5) is 25.4. The van der Waals surface area contributed by atoms with Gasteiger partial charge in [-0.25, -0.2) is 4.98 Å². The molecule has 21 heavy (non-hydrogen) atoms. The molecular weight excluding hydrogens is 294 g/mol. The van der Waals surface area contributed by atoms with Crippen molar-refractivity contribution in [2.45, 2.75) is 13.8 Å². The van der Waals surface area contributed by atoms with Crippen molar-refractivity contribution >= 4 is 27.4 Å². The molecule has 0 fully saturated rings. The highest BCUT2D eigenvalue weighted by Gasteiger charge is 2.13. The highest BCUT2D eigenvalue weighted by Crippen LogP contribution is 2.24. The average molecular weight is 307 g/mol. The summed E-state index contributed by atoms with van der Waals surface area (Å²) in [6, 6.07) is 5.66. The molecule has 0 aliphatic rings. The lowest BCUT2D eigenvalue weighted by Gasteiger charge is -2.07. The maximum absolute atomic E-state index is 11.7. The molecule has 110 valence electrons. The van der Waals surface area contributed by atoms with E-state index in [4.69, 9.17) is 4.74 Å². The van der Waals surface area contributed by atoms with Crippen LogP contribution in [-0.2, 0) is 4.79 Å². The molecule has 0 unspecified atom stereocenters. The number of ether oxygens (including phenoxy) is 1. The molecule has 0 bridgehead atoms. The highest BCUT2D eigenvalue weighted by molar-refractivity contribution is 7.18. The van der Waals surface area contributed by atoms with E-state index in [0.717, 1.165) is 28.7 Å². The van der Waals surface area contributed by atoms with E-state index in [0.29, 0.717) is 5.75 Å². The summed E-state index contributed by atoms with van der Waals surface area (Å²) in [6.45, 7) is 3.69. The van der Waals surface area contributed by atoms with E-state index in [1.165, 1.54) is 0 Å². The lowest BCUT2D eigenvalue weighted by Crippen LogP contribution is -2.20. The maximum atomic E-state index is 11.7. The molecule has 0 radical (unpaired) electrons. The standard InChI is InChI=1S/C13H13N3O4S/c1-8-3-9(2)5-10(4-8)20-7-11(17)15-13-14-6-12(21-13)16(18)19/h3-6H,7H2,1-2H3,(H,14,15,17). The number of nitrogens with one attached hydrogen (secondary N) is 1. The summed E-state index contributed by atoms with van der Waals surface area (Å²) in [5.41, 5.74) is 2.09. The minimum absolute atomic E-state index is 0.125. The van der Waals surface area contributed by atoms with Crippen molar-refractivity contribution in [3.05, 3.63) is 45.6 Å². The van der Waals surface area contributed by atoms with Crippen LogP contribution >= 0.6 is 11.3 Å². The quantitative estimate of drug-likeness (QED) is 0.677. The van der Waals surface area contributed by atoms with Crippen LogP contribution in [0.15, 0.2) is 24.4 Å². The van der Waals surface area contributed by atoms with Gasteiger partial charge >= 0.3 is 5.00 Å². The predicted octanol–water partition coefficient (Wildman–Crippen LogP) is 2.69. The number of amides is 1. The first-order valence-electron chi connectivity index (χ1n) is 6.05. The SMILES string of the molecule is Cc1cc(C)cc(OCC(=O)Nc2ncc([N+](=O)[O-])s2)c1. The molecule has 1 amide bonds. The van der Waals surface area contributed by atoms with Crippen molar-refractivity contribution in [1.29, 1.82) is 0 Å². The summed E-state index contributed by atoms with van der Waals surface area (Å²) in [7, 11) is 0. The van der Waals surface area contributed by atoms with Crippen LogP contribution in [0.4, 0.5) is 10.1 Å². The fraction of sp³-hybridized carbons (Fsp3) is 0.231. The van der Waals surface area contributed by atoms with Crippen molar-refractivity contribution in [2.24, 2.45) is 0 Å². The molecule has 7 nitrogen and oxygen atoms in total. The largest absolute Gasteiger partial charge is 0.484 e. The smallest absolute Gasteiger partial charge is 0.345 e. The molecule has 1 aromatic carbocycles. The number of rotatable bonds is 5. The molecule has 0 saturated carbocycles. The molecule has 0 spiro atoms. The summed E-state index contributed by atoms with van der Waals surface area (Å²) < 4.78 is 5.39. The number of nitro groups is 1. The number of nitrogens with zero attached hydrogens (tertiary/aromatic N) is 2. The van der Waals surface area contributed by atoms with E-state index in [1.807, 2.05) is 32.0 Å². The fourth-order valence-corrected chi connectivity index (χ4v) is 2.38. The third-order valence-corrected chi connectivity index (χ3v) is 3.35. The van der Waals surface area contributed by atoms with Crippen LogP contribution in [0.3, 0.4) is 0 Å². The number of thiazole rings is 1. The maximum Gasteiger partial charge on any atom is 0.345 e. The first-order valence-corrected chi connectivity index (χ1v) is 6.87. The van der Waals surface area contributed by atoms with Crippen molar-refractivity contribution < 1.29 is 14.5 Å². The number of hydrogen-bond acceptors (Lipinski definition) is 6. The minimum Gasteiger partial charge on any atom is -0.484 e. The van der Waals surface area contributed by atoms with Crippen LogP contribution in [0.2, 0.25) is 0 Å². The number of hydrogen-bond donors (Lipinski definition) is 1. The average Bonchev–Trinajstić information content (AvgIpc) is 2.84. The van der Waals surface area contributed by atoms with E-state index in [2.05, 4.69) is 10.3 Å². The molecule has 0 atom stereocenters. The van der Waals surface area contributed by atoms with Crippen LogP contribution in [-0.4, -0.2) is 22.4 Å². The molecule has 0 aliphatic carbocycles. The zero-order valence-corrected chi connectivity index (χ0v) is 12.3. The van der Waals surface area contributed by atoms with Gasteiger partial charge in [0.05, 0.1) is 4.92 Å². The Labute approximate surface area is 124 Å². The Morgan fingerprint density at radius 3 is 2.62 bits per heavy atom. The van der Waals surface area contributed by atoms with Gasteiger partial charge in [-0.2, -0.15) is 0 Å². The van der Waals surface area contributed by atoms with Crippen molar-refractivity contribution in [3.63, 3.8) is 0 Å². The van der Waals surface area contributed by atoms with Gasteiger partial charge in [-0.1, -0.05) is 6.07 Å². The van der Waals surface area contributed by atoms with E-state index in [-0.39, 0.29) is 16.7 Å². The fourth-order valence-electron chi connectivity index (χ4n) is 1.73. The lowest BCUT2D eigenvalue weighted by atomic mass is 10.1. The first kappa shape index (κ1) is 14.9. The molecule has 8 heteroatoms. The monoisotopic (exact) mass is 307 g/mol. The van der Waals surface area contributed by atoms with Gasteiger partial charge < -0.3 is 4.74 Å². The second-order valence-electron chi connectivity index (χ2n) is 4.42. The number of anilines is 1. The Bertz CT molecular complexity index is 664. The number of carbonyl (C=O) groups excluding carboxylic acids is 1. The predicted molar refractivity (Wildman–Crippen MR) is 78.8 cm³/mol. The minimum atomic E-state index is -0.556. The molecule has 1 N–H and O–H groups in total. The normalized spacial score (nSPS) is 10.2. The Hall–Kier alpha value is -2.48. The zero-order valence-electron chi connectivity index (χ0n) is 11.5. The summed E-state index contributed by atoms with van der Waals surface area (Å²) in [5.74, 6) is 0.186. The van der Waals surface area contributed by atoms with Crippen LogP contribution in [0.25, 0.3) is 0 Å². The van der Waals surface area contributed by atoms with Gasteiger partial charge in [0.2, 0.25) is 0 Å². The Morgan fingerprint density at radius 2 is 2.05 bits per heavy atom. The summed E-state index contributed by atoms with van der Waals surface area (Å²) >= 11 is 0.798. The summed E-state index contributed by atoms with van der Waals surface area (Å²) in [5, 5.41) is 13.0. The molecule has 2 aromatic rings. The molecular formula is C13H13N3O4S. The third kappa shape index (κ3) is 4.25. The second kappa shape index (κ2) is 6.31. The van der Waals surface area contributed by atoms with Gasteiger partial charge in [-0.15, -0.1) is 0 Å². The van der Waals surface area contributed by atoms with Crippen LogP contribution in [0.5, 0.6) is 5.75 Å². The topological polar surface area (TPSA) is 94.4 Å². The zero-order chi connectivity index (χ0) is 15.4. The van der Waals surface area contributed by atoms with Gasteiger partial charge in [-0.05, 0) is 48.4 Å². The first-order chi connectivity index (χ1) is 9.94. The Morgan fingerprint density at radius 1 is 1.38 bits per heavy atom. The van der Waals surface area contributed by atoms with E-state index >= 15 is 0 Å². The van der Waals surface area contributed by atoms with E-state index in [1.54, 1.807) is 0 Å². The Balaban J connectivity index is 1.90. The van der Waals surface area contributed by atoms with Crippen LogP contribution < -0.4 is 10.1 Å². The number of aryl methyl sites for hydroxylation is 2. The van der Waals surface area contributed by atoms with Gasteiger partial charge in [0.25, 0.3) is 5.91 Å². The van der Waals surface area contributed by atoms with Crippen molar-refractivity contribution in [3.8, 4) is 5.75 Å². The summed E-state index contributed by atoms with van der Waals surface area (Å²) in [6.07, 6.45) is 1.10. The lowest BCUT2D eigenvalue weighted by molar-refractivity contribution is -0.380. The number of carbonyl (C=O) groups is 1. The Kier molecular flexibility index (Phi) is 4.49. The van der Waals surface area contributed by atoms with Crippen molar-refractivity contribution in [1.82, 2.24) is 4.98 Å². The van der Waals surface area contributed by atoms with E-state index < -0.39 is 10.8 Å². The van der Waals surface area contributed by atoms with Gasteiger partial charge in [0, 0.05) is 0 Å². The van der Waals surface area contributed by atoms with Gasteiger partial charge in [-0.3, -0.25) is 20.2 Å².